The van der Waals surface area contributed by atoms with Gasteiger partial charge in [0.15, 0.2) is 18.3 Å². The molecule has 0 saturated carbocycles. The van der Waals surface area contributed by atoms with Gasteiger partial charge in [-0.2, -0.15) is 0 Å². The molecular formula is C24H21FN2O4. The molecule has 0 saturated heterocycles. The fraction of sp³-hybridized carbons (Fsp3) is 0.208. The SMILES string of the molecule is CCc1cccc2c(C(=O)COC(=O)CCc3ncc(-c4ccc(F)cc4)o3)c[nH]c12. The van der Waals surface area contributed by atoms with Gasteiger partial charge in [-0.1, -0.05) is 25.1 Å². The normalized spacial score (nSPS) is 11.0. The molecule has 0 aliphatic carbocycles. The highest BCUT2D eigenvalue weighted by atomic mass is 19.1. The van der Waals surface area contributed by atoms with Crippen LogP contribution < -0.4 is 0 Å². The van der Waals surface area contributed by atoms with Crippen molar-refractivity contribution in [3.05, 3.63) is 77.7 Å². The van der Waals surface area contributed by atoms with E-state index < -0.39 is 5.97 Å². The van der Waals surface area contributed by atoms with E-state index in [9.17, 15) is 14.0 Å². The summed E-state index contributed by atoms with van der Waals surface area (Å²) in [4.78, 5) is 31.9. The number of fused-ring (bicyclic) bond motifs is 1. The second-order valence-electron chi connectivity index (χ2n) is 7.10. The van der Waals surface area contributed by atoms with E-state index in [1.807, 2.05) is 18.2 Å². The molecule has 158 valence electrons. The molecule has 31 heavy (non-hydrogen) atoms. The number of para-hydroxylation sites is 1. The fourth-order valence-electron chi connectivity index (χ4n) is 3.42. The van der Waals surface area contributed by atoms with Crippen molar-refractivity contribution < 1.29 is 23.1 Å². The van der Waals surface area contributed by atoms with Gasteiger partial charge < -0.3 is 14.1 Å². The van der Waals surface area contributed by atoms with Crippen LogP contribution in [0.3, 0.4) is 0 Å². The second kappa shape index (κ2) is 8.95. The lowest BCUT2D eigenvalue weighted by molar-refractivity contribution is -0.142. The number of nitrogens with one attached hydrogen (secondary N) is 1. The molecule has 2 aromatic carbocycles. The van der Waals surface area contributed by atoms with Crippen LogP contribution in [0, 0.1) is 5.82 Å². The summed E-state index contributed by atoms with van der Waals surface area (Å²) in [6.45, 7) is 1.73. The number of aromatic nitrogens is 2. The number of hydrogen-bond donors (Lipinski definition) is 1. The molecule has 4 rings (SSSR count). The number of aryl methyl sites for hydroxylation is 2. The number of H-pyrrole nitrogens is 1. The van der Waals surface area contributed by atoms with Gasteiger partial charge in [-0.3, -0.25) is 9.59 Å². The van der Waals surface area contributed by atoms with Crippen LogP contribution in [0.1, 0.15) is 35.2 Å². The number of oxazole rings is 1. The van der Waals surface area contributed by atoms with Crippen LogP contribution in [0.4, 0.5) is 4.39 Å². The first-order valence-electron chi connectivity index (χ1n) is 10.0. The first kappa shape index (κ1) is 20.5. The van der Waals surface area contributed by atoms with Crippen molar-refractivity contribution in [2.75, 3.05) is 6.61 Å². The summed E-state index contributed by atoms with van der Waals surface area (Å²) in [6.07, 6.45) is 4.30. The molecule has 0 radical (unpaired) electrons. The number of rotatable bonds is 8. The molecule has 0 bridgehead atoms. The Balaban J connectivity index is 1.31. The van der Waals surface area contributed by atoms with Gasteiger partial charge >= 0.3 is 5.97 Å². The lowest BCUT2D eigenvalue weighted by atomic mass is 10.1. The molecule has 0 unspecified atom stereocenters. The number of carbonyl (C=O) groups excluding carboxylic acids is 2. The van der Waals surface area contributed by atoms with Gasteiger partial charge in [0.2, 0.25) is 5.78 Å². The van der Waals surface area contributed by atoms with Gasteiger partial charge in [-0.25, -0.2) is 9.37 Å². The van der Waals surface area contributed by atoms with Crippen molar-refractivity contribution in [3.8, 4) is 11.3 Å². The molecular weight excluding hydrogens is 399 g/mol. The van der Waals surface area contributed by atoms with Gasteiger partial charge in [-0.15, -0.1) is 0 Å². The predicted octanol–water partition coefficient (Wildman–Crippen LogP) is 4.88. The first-order valence-corrected chi connectivity index (χ1v) is 10.0. The summed E-state index contributed by atoms with van der Waals surface area (Å²) < 4.78 is 23.8. The minimum Gasteiger partial charge on any atom is -0.457 e. The average Bonchev–Trinajstić information content (AvgIpc) is 3.43. The minimum absolute atomic E-state index is 0.0323. The largest absolute Gasteiger partial charge is 0.457 e. The number of esters is 1. The Morgan fingerprint density at radius 2 is 1.97 bits per heavy atom. The van der Waals surface area contributed by atoms with E-state index in [0.29, 0.717) is 22.8 Å². The monoisotopic (exact) mass is 420 g/mol. The molecule has 0 amide bonds. The summed E-state index contributed by atoms with van der Waals surface area (Å²) in [5, 5.41) is 0.827. The number of benzene rings is 2. The number of nitrogens with zero attached hydrogens (tertiary/aromatic N) is 1. The zero-order valence-electron chi connectivity index (χ0n) is 17.0. The Bertz CT molecular complexity index is 1220. The molecule has 4 aromatic rings. The quantitative estimate of drug-likeness (QED) is 0.324. The average molecular weight is 420 g/mol. The van der Waals surface area contributed by atoms with Crippen LogP contribution in [0.5, 0.6) is 0 Å². The molecule has 1 N–H and O–H groups in total. The van der Waals surface area contributed by atoms with Gasteiger partial charge in [0, 0.05) is 34.6 Å². The Hall–Kier alpha value is -3.74. The Morgan fingerprint density at radius 1 is 1.16 bits per heavy atom. The lowest BCUT2D eigenvalue weighted by Gasteiger charge is -2.04. The van der Waals surface area contributed by atoms with E-state index in [0.717, 1.165) is 22.9 Å². The molecule has 0 spiro atoms. The van der Waals surface area contributed by atoms with Crippen molar-refractivity contribution in [2.24, 2.45) is 0 Å². The van der Waals surface area contributed by atoms with Crippen LogP contribution >= 0.6 is 0 Å². The summed E-state index contributed by atoms with van der Waals surface area (Å²) >= 11 is 0. The maximum Gasteiger partial charge on any atom is 0.306 e. The van der Waals surface area contributed by atoms with Crippen molar-refractivity contribution in [3.63, 3.8) is 0 Å². The standard InChI is InChI=1S/C24H21FN2O4/c1-2-15-4-3-5-18-19(12-27-24(15)18)20(28)14-30-23(29)11-10-22-26-13-21(31-22)16-6-8-17(25)9-7-16/h3-9,12-13,27H,2,10-11,14H2,1H3. The second-order valence-corrected chi connectivity index (χ2v) is 7.10. The van der Waals surface area contributed by atoms with Crippen LogP contribution in [0.25, 0.3) is 22.2 Å². The zero-order chi connectivity index (χ0) is 21.8. The summed E-state index contributed by atoms with van der Waals surface area (Å²) in [5.41, 5.74) is 3.26. The fourth-order valence-corrected chi connectivity index (χ4v) is 3.42. The minimum atomic E-state index is -0.510. The highest BCUT2D eigenvalue weighted by molar-refractivity contribution is 6.09. The van der Waals surface area contributed by atoms with Gasteiger partial charge in [0.1, 0.15) is 5.82 Å². The third-order valence-corrected chi connectivity index (χ3v) is 5.07. The molecule has 0 aliphatic rings. The van der Waals surface area contributed by atoms with Crippen LogP contribution in [0.2, 0.25) is 0 Å². The highest BCUT2D eigenvalue weighted by Crippen LogP contribution is 2.23. The van der Waals surface area contributed by atoms with Gasteiger partial charge in [-0.05, 0) is 36.2 Å². The van der Waals surface area contributed by atoms with Crippen molar-refractivity contribution in [2.45, 2.75) is 26.2 Å². The topological polar surface area (TPSA) is 85.2 Å². The van der Waals surface area contributed by atoms with Crippen LogP contribution in [0.15, 0.2) is 59.3 Å². The Kier molecular flexibility index (Phi) is 5.93. The first-order chi connectivity index (χ1) is 15.0. The molecule has 0 atom stereocenters. The lowest BCUT2D eigenvalue weighted by Crippen LogP contribution is -2.14. The van der Waals surface area contributed by atoms with E-state index in [2.05, 4.69) is 16.9 Å². The van der Waals surface area contributed by atoms with E-state index in [1.54, 1.807) is 18.3 Å². The molecule has 0 fully saturated rings. The number of ether oxygens (including phenoxy) is 1. The van der Waals surface area contributed by atoms with E-state index in [1.165, 1.54) is 18.3 Å². The number of halogens is 1. The summed E-state index contributed by atoms with van der Waals surface area (Å²) in [7, 11) is 0. The third kappa shape index (κ3) is 4.55. The van der Waals surface area contributed by atoms with Gasteiger partial charge in [0.05, 0.1) is 12.6 Å². The van der Waals surface area contributed by atoms with Gasteiger partial charge in [0.25, 0.3) is 0 Å². The van der Waals surface area contributed by atoms with Crippen molar-refractivity contribution >= 4 is 22.7 Å². The van der Waals surface area contributed by atoms with Crippen molar-refractivity contribution in [1.29, 1.82) is 0 Å². The van der Waals surface area contributed by atoms with E-state index in [-0.39, 0.29) is 31.0 Å². The number of aromatic amines is 1. The van der Waals surface area contributed by atoms with Crippen molar-refractivity contribution in [1.82, 2.24) is 9.97 Å². The molecule has 6 nitrogen and oxygen atoms in total. The smallest absolute Gasteiger partial charge is 0.306 e. The van der Waals surface area contributed by atoms with Crippen LogP contribution in [-0.2, 0) is 22.4 Å². The van der Waals surface area contributed by atoms with Crippen LogP contribution in [-0.4, -0.2) is 28.3 Å². The number of ketones is 1. The summed E-state index contributed by atoms with van der Waals surface area (Å²) in [6, 6.07) is 11.7. The molecule has 7 heteroatoms. The maximum absolute atomic E-state index is 13.0. The number of carbonyl (C=O) groups is 2. The third-order valence-electron chi connectivity index (χ3n) is 5.07. The number of hydrogen-bond acceptors (Lipinski definition) is 5. The van der Waals surface area contributed by atoms with E-state index >= 15 is 0 Å². The predicted molar refractivity (Wildman–Crippen MR) is 113 cm³/mol. The Morgan fingerprint density at radius 3 is 2.74 bits per heavy atom. The zero-order valence-corrected chi connectivity index (χ0v) is 17.0. The highest BCUT2D eigenvalue weighted by Gasteiger charge is 2.16. The Labute approximate surface area is 178 Å². The molecule has 0 aliphatic heterocycles. The van der Waals surface area contributed by atoms with E-state index in [4.69, 9.17) is 9.15 Å². The number of Topliss-reactive ketones (excluding diaryl/α,β-unsaturated/α-hetero) is 1. The summed E-state index contributed by atoms with van der Waals surface area (Å²) in [5.74, 6) is -0.249. The molecule has 2 aromatic heterocycles. The maximum atomic E-state index is 13.0. The molecule has 2 heterocycles.